The van der Waals surface area contributed by atoms with Crippen molar-refractivity contribution in [3.05, 3.63) is 0 Å². The number of nitrogens with zero attached hydrogens (tertiary/aromatic N) is 1. The van der Waals surface area contributed by atoms with Crippen LogP contribution in [0.5, 0.6) is 0 Å². The van der Waals surface area contributed by atoms with Gasteiger partial charge in [0.15, 0.2) is 0 Å². The van der Waals surface area contributed by atoms with Crippen molar-refractivity contribution in [1.29, 1.82) is 0 Å². The summed E-state index contributed by atoms with van der Waals surface area (Å²) in [6.45, 7) is 10.7. The van der Waals surface area contributed by atoms with Crippen LogP contribution < -0.4 is 0 Å². The van der Waals surface area contributed by atoms with E-state index in [1.807, 2.05) is 25.6 Å². The van der Waals surface area contributed by atoms with Gasteiger partial charge in [0.1, 0.15) is 0 Å². The molecule has 2 nitrogen and oxygen atoms in total. The van der Waals surface area contributed by atoms with Crippen LogP contribution in [0.1, 0.15) is 40.5 Å². The maximum atomic E-state index is 10.1. The highest BCUT2D eigenvalue weighted by Gasteiger charge is 2.35. The van der Waals surface area contributed by atoms with Gasteiger partial charge >= 0.3 is 0 Å². The van der Waals surface area contributed by atoms with E-state index in [4.69, 9.17) is 0 Å². The zero-order valence-corrected chi connectivity index (χ0v) is 12.0. The van der Waals surface area contributed by atoms with Gasteiger partial charge in [0.2, 0.25) is 0 Å². The van der Waals surface area contributed by atoms with Gasteiger partial charge in [0.05, 0.1) is 5.60 Å². The first-order chi connectivity index (χ1) is 7.41. The lowest BCUT2D eigenvalue weighted by Crippen LogP contribution is -2.46. The first-order valence-electron chi connectivity index (χ1n) is 6.45. The van der Waals surface area contributed by atoms with Crippen molar-refractivity contribution in [2.24, 2.45) is 5.92 Å². The minimum absolute atomic E-state index is 0.368. The Balaban J connectivity index is 2.25. The van der Waals surface area contributed by atoms with E-state index in [0.717, 1.165) is 25.4 Å². The Bertz CT molecular complexity index is 201. The molecule has 0 aromatic heterocycles. The van der Waals surface area contributed by atoms with Gasteiger partial charge in [0.25, 0.3) is 0 Å². The maximum Gasteiger partial charge on any atom is 0.0746 e. The predicted octanol–water partition coefficient (Wildman–Crippen LogP) is 2.61. The third kappa shape index (κ3) is 4.64. The third-order valence-corrected chi connectivity index (χ3v) is 4.53. The number of thioether (sulfide) groups is 1. The molecule has 0 spiro atoms. The molecule has 0 aliphatic carbocycles. The van der Waals surface area contributed by atoms with Crippen molar-refractivity contribution in [2.75, 3.05) is 24.6 Å². The molecule has 0 bridgehead atoms. The van der Waals surface area contributed by atoms with Crippen molar-refractivity contribution >= 4 is 11.8 Å². The predicted molar refractivity (Wildman–Crippen MR) is 73.1 cm³/mol. The molecule has 1 saturated heterocycles. The number of likely N-dealkylation sites (tertiary alicyclic amines) is 1. The van der Waals surface area contributed by atoms with Crippen LogP contribution in [0.3, 0.4) is 0 Å². The van der Waals surface area contributed by atoms with Crippen molar-refractivity contribution < 1.29 is 5.11 Å². The van der Waals surface area contributed by atoms with Crippen LogP contribution in [0.25, 0.3) is 0 Å². The SMILES string of the molecule is CC(C)CSCCN1CCCC1C(C)(C)O. The summed E-state index contributed by atoms with van der Waals surface area (Å²) in [5.74, 6) is 3.24. The van der Waals surface area contributed by atoms with Gasteiger partial charge in [-0.1, -0.05) is 13.8 Å². The standard InChI is InChI=1S/C13H27NOS/c1-11(2)10-16-9-8-14-7-5-6-12(14)13(3,4)15/h11-12,15H,5-10H2,1-4H3. The molecule has 0 radical (unpaired) electrons. The van der Waals surface area contributed by atoms with Crippen LogP contribution in [-0.2, 0) is 0 Å². The van der Waals surface area contributed by atoms with E-state index in [1.54, 1.807) is 0 Å². The average molecular weight is 245 g/mol. The molecule has 0 aromatic carbocycles. The summed E-state index contributed by atoms with van der Waals surface area (Å²) >= 11 is 2.04. The van der Waals surface area contributed by atoms with Gasteiger partial charge in [-0.15, -0.1) is 0 Å². The van der Waals surface area contributed by atoms with Gasteiger partial charge in [-0.05, 0) is 44.9 Å². The molecular formula is C13H27NOS. The van der Waals surface area contributed by atoms with E-state index in [0.29, 0.717) is 6.04 Å². The molecule has 1 unspecified atom stereocenters. The second-order valence-electron chi connectivity index (χ2n) is 5.82. The van der Waals surface area contributed by atoms with E-state index >= 15 is 0 Å². The lowest BCUT2D eigenvalue weighted by molar-refractivity contribution is -0.000271. The highest BCUT2D eigenvalue weighted by atomic mass is 32.2. The Labute approximate surface area is 105 Å². The number of rotatable bonds is 6. The van der Waals surface area contributed by atoms with E-state index in [9.17, 15) is 5.11 Å². The Morgan fingerprint density at radius 3 is 2.69 bits per heavy atom. The van der Waals surface area contributed by atoms with Crippen molar-refractivity contribution in [3.8, 4) is 0 Å². The highest BCUT2D eigenvalue weighted by molar-refractivity contribution is 7.99. The Morgan fingerprint density at radius 2 is 2.12 bits per heavy atom. The summed E-state index contributed by atoms with van der Waals surface area (Å²) in [6, 6.07) is 0.368. The van der Waals surface area contributed by atoms with Crippen molar-refractivity contribution in [2.45, 2.75) is 52.2 Å². The summed E-state index contributed by atoms with van der Waals surface area (Å²) in [7, 11) is 0. The zero-order valence-electron chi connectivity index (χ0n) is 11.2. The number of aliphatic hydroxyl groups is 1. The van der Waals surface area contributed by atoms with Crippen LogP contribution in [-0.4, -0.2) is 46.2 Å². The Hall–Kier alpha value is 0.270. The minimum atomic E-state index is -0.542. The molecular weight excluding hydrogens is 218 g/mol. The summed E-state index contributed by atoms with van der Waals surface area (Å²) in [5, 5.41) is 10.1. The van der Waals surface area contributed by atoms with Crippen molar-refractivity contribution in [3.63, 3.8) is 0 Å². The van der Waals surface area contributed by atoms with Crippen LogP contribution >= 0.6 is 11.8 Å². The fourth-order valence-corrected chi connectivity index (χ4v) is 3.40. The lowest BCUT2D eigenvalue weighted by Gasteiger charge is -2.33. The fraction of sp³-hybridized carbons (Fsp3) is 1.00. The molecule has 1 N–H and O–H groups in total. The Kier molecular flexibility index (Phi) is 5.62. The molecule has 96 valence electrons. The molecule has 0 saturated carbocycles. The summed E-state index contributed by atoms with van der Waals surface area (Å²) in [4.78, 5) is 2.47. The summed E-state index contributed by atoms with van der Waals surface area (Å²) < 4.78 is 0. The monoisotopic (exact) mass is 245 g/mol. The summed E-state index contributed by atoms with van der Waals surface area (Å²) in [6.07, 6.45) is 2.39. The second-order valence-corrected chi connectivity index (χ2v) is 6.97. The van der Waals surface area contributed by atoms with Gasteiger partial charge < -0.3 is 5.11 Å². The highest BCUT2D eigenvalue weighted by Crippen LogP contribution is 2.26. The van der Waals surface area contributed by atoms with Crippen LogP contribution in [0.15, 0.2) is 0 Å². The molecule has 0 aromatic rings. The average Bonchev–Trinajstić information content (AvgIpc) is 2.59. The van der Waals surface area contributed by atoms with E-state index in [1.165, 1.54) is 17.9 Å². The zero-order chi connectivity index (χ0) is 12.2. The smallest absolute Gasteiger partial charge is 0.0746 e. The van der Waals surface area contributed by atoms with E-state index in [-0.39, 0.29) is 0 Å². The van der Waals surface area contributed by atoms with E-state index < -0.39 is 5.60 Å². The Morgan fingerprint density at radius 1 is 1.44 bits per heavy atom. The van der Waals surface area contributed by atoms with Gasteiger partial charge in [-0.2, -0.15) is 11.8 Å². The van der Waals surface area contributed by atoms with Crippen LogP contribution in [0, 0.1) is 5.92 Å². The third-order valence-electron chi connectivity index (χ3n) is 3.15. The number of hydrogen-bond donors (Lipinski definition) is 1. The van der Waals surface area contributed by atoms with Gasteiger partial charge in [-0.25, -0.2) is 0 Å². The molecule has 1 atom stereocenters. The molecule has 1 aliphatic heterocycles. The molecule has 1 fully saturated rings. The summed E-state index contributed by atoms with van der Waals surface area (Å²) in [5.41, 5.74) is -0.542. The fourth-order valence-electron chi connectivity index (χ4n) is 2.39. The molecule has 1 aliphatic rings. The van der Waals surface area contributed by atoms with Crippen LogP contribution in [0.4, 0.5) is 0 Å². The van der Waals surface area contributed by atoms with E-state index in [2.05, 4.69) is 18.7 Å². The van der Waals surface area contributed by atoms with Crippen molar-refractivity contribution in [1.82, 2.24) is 4.90 Å². The van der Waals surface area contributed by atoms with Gasteiger partial charge in [0, 0.05) is 18.3 Å². The first-order valence-corrected chi connectivity index (χ1v) is 7.61. The minimum Gasteiger partial charge on any atom is -0.389 e. The molecule has 0 amide bonds. The molecule has 1 rings (SSSR count). The topological polar surface area (TPSA) is 23.5 Å². The lowest BCUT2D eigenvalue weighted by atomic mass is 9.97. The first kappa shape index (κ1) is 14.3. The maximum absolute atomic E-state index is 10.1. The quantitative estimate of drug-likeness (QED) is 0.728. The van der Waals surface area contributed by atoms with Gasteiger partial charge in [-0.3, -0.25) is 4.90 Å². The molecule has 1 heterocycles. The number of hydrogen-bond acceptors (Lipinski definition) is 3. The normalized spacial score (nSPS) is 23.2. The largest absolute Gasteiger partial charge is 0.389 e. The van der Waals surface area contributed by atoms with Crippen LogP contribution in [0.2, 0.25) is 0 Å². The second kappa shape index (κ2) is 6.27. The molecule has 16 heavy (non-hydrogen) atoms. The molecule has 3 heteroatoms.